The van der Waals surface area contributed by atoms with Gasteiger partial charge in [0.05, 0.1) is 5.54 Å². The number of aromatic amines is 1. The van der Waals surface area contributed by atoms with Crippen LogP contribution >= 0.6 is 0 Å². The molecule has 0 saturated heterocycles. The fourth-order valence-corrected chi connectivity index (χ4v) is 0.969. The highest BCUT2D eigenvalue weighted by Crippen LogP contribution is 2.17. The number of H-pyrrole nitrogens is 1. The molecule has 2 heterocycles. The Balaban J connectivity index is 2.36. The van der Waals surface area contributed by atoms with Crippen molar-refractivity contribution in [3.05, 3.63) is 18.3 Å². The summed E-state index contributed by atoms with van der Waals surface area (Å²) in [5.74, 6) is 1.39. The Labute approximate surface area is 80.5 Å². The van der Waals surface area contributed by atoms with Crippen LogP contribution in [0.4, 0.5) is 0 Å². The van der Waals surface area contributed by atoms with Gasteiger partial charge in [-0.2, -0.15) is 4.98 Å². The molecule has 0 saturated carbocycles. The van der Waals surface area contributed by atoms with Crippen LogP contribution in [0.5, 0.6) is 0 Å². The fraction of sp³-hybridized carbons (Fsp3) is 0.375. The second-order valence-corrected chi connectivity index (χ2v) is 3.58. The Morgan fingerprint density at radius 2 is 2.29 bits per heavy atom. The van der Waals surface area contributed by atoms with Crippen molar-refractivity contribution in [1.29, 1.82) is 0 Å². The third kappa shape index (κ3) is 1.51. The van der Waals surface area contributed by atoms with Crippen molar-refractivity contribution in [2.24, 2.45) is 5.73 Å². The molecular formula is C8H11N5O. The molecule has 0 bridgehead atoms. The van der Waals surface area contributed by atoms with E-state index in [1.165, 1.54) is 0 Å². The highest BCUT2D eigenvalue weighted by atomic mass is 16.5. The SMILES string of the molecule is CC(C)(N)c1nc(-c2ncc[nH]2)no1. The number of imidazole rings is 1. The fourth-order valence-electron chi connectivity index (χ4n) is 0.969. The number of hydrogen-bond donors (Lipinski definition) is 2. The second-order valence-electron chi connectivity index (χ2n) is 3.58. The van der Waals surface area contributed by atoms with Gasteiger partial charge in [0.1, 0.15) is 0 Å². The summed E-state index contributed by atoms with van der Waals surface area (Å²) in [5, 5.41) is 3.77. The van der Waals surface area contributed by atoms with E-state index in [2.05, 4.69) is 20.1 Å². The minimum atomic E-state index is -0.627. The van der Waals surface area contributed by atoms with Crippen LogP contribution in [0.2, 0.25) is 0 Å². The smallest absolute Gasteiger partial charge is 0.246 e. The Morgan fingerprint density at radius 1 is 1.50 bits per heavy atom. The monoisotopic (exact) mass is 193 g/mol. The van der Waals surface area contributed by atoms with Crippen molar-refractivity contribution in [2.75, 3.05) is 0 Å². The van der Waals surface area contributed by atoms with Crippen LogP contribution in [0, 0.1) is 0 Å². The van der Waals surface area contributed by atoms with Crippen LogP contribution in [0.25, 0.3) is 11.6 Å². The number of aromatic nitrogens is 4. The largest absolute Gasteiger partial charge is 0.342 e. The van der Waals surface area contributed by atoms with E-state index < -0.39 is 5.54 Å². The quantitative estimate of drug-likeness (QED) is 0.730. The lowest BCUT2D eigenvalue weighted by atomic mass is 10.1. The van der Waals surface area contributed by atoms with E-state index in [1.54, 1.807) is 26.2 Å². The normalized spacial score (nSPS) is 11.9. The topological polar surface area (TPSA) is 93.6 Å². The van der Waals surface area contributed by atoms with Crippen molar-refractivity contribution in [3.8, 4) is 11.6 Å². The molecule has 6 nitrogen and oxygen atoms in total. The summed E-state index contributed by atoms with van der Waals surface area (Å²) in [4.78, 5) is 11.0. The molecule has 0 radical (unpaired) electrons. The van der Waals surface area contributed by atoms with Gasteiger partial charge in [0, 0.05) is 12.4 Å². The van der Waals surface area contributed by atoms with Crippen LogP contribution < -0.4 is 5.73 Å². The highest BCUT2D eigenvalue weighted by Gasteiger charge is 2.23. The van der Waals surface area contributed by atoms with Crippen molar-refractivity contribution >= 4 is 0 Å². The standard InChI is InChI=1S/C8H11N5O/c1-8(2,9)7-12-6(13-14-7)5-10-3-4-11-5/h3-4H,9H2,1-2H3,(H,10,11). The van der Waals surface area contributed by atoms with Gasteiger partial charge in [0.15, 0.2) is 5.82 Å². The maximum atomic E-state index is 5.80. The van der Waals surface area contributed by atoms with E-state index in [9.17, 15) is 0 Å². The highest BCUT2D eigenvalue weighted by molar-refractivity contribution is 5.40. The number of rotatable bonds is 2. The molecule has 0 fully saturated rings. The molecule has 74 valence electrons. The third-order valence-electron chi connectivity index (χ3n) is 1.69. The van der Waals surface area contributed by atoms with E-state index in [0.29, 0.717) is 17.5 Å². The molecule has 0 unspecified atom stereocenters. The Kier molecular flexibility index (Phi) is 1.85. The van der Waals surface area contributed by atoms with Gasteiger partial charge >= 0.3 is 0 Å². The molecule has 0 aliphatic heterocycles. The summed E-state index contributed by atoms with van der Waals surface area (Å²) in [6, 6.07) is 0. The molecule has 0 atom stereocenters. The lowest BCUT2D eigenvalue weighted by Crippen LogP contribution is -2.28. The Bertz CT molecular complexity index is 411. The molecule has 0 aliphatic rings. The molecule has 0 aliphatic carbocycles. The number of nitrogens with one attached hydrogen (secondary N) is 1. The average molecular weight is 193 g/mol. The van der Waals surface area contributed by atoms with Gasteiger partial charge in [0.2, 0.25) is 11.7 Å². The van der Waals surface area contributed by atoms with E-state index in [-0.39, 0.29) is 0 Å². The zero-order valence-electron chi connectivity index (χ0n) is 7.98. The molecule has 2 aromatic rings. The van der Waals surface area contributed by atoms with Crippen molar-refractivity contribution in [1.82, 2.24) is 20.1 Å². The van der Waals surface area contributed by atoms with E-state index >= 15 is 0 Å². The van der Waals surface area contributed by atoms with Gasteiger partial charge in [0.25, 0.3) is 0 Å². The van der Waals surface area contributed by atoms with Gasteiger partial charge in [-0.3, -0.25) is 0 Å². The third-order valence-corrected chi connectivity index (χ3v) is 1.69. The summed E-state index contributed by atoms with van der Waals surface area (Å²) < 4.78 is 5.01. The lowest BCUT2D eigenvalue weighted by molar-refractivity contribution is 0.312. The van der Waals surface area contributed by atoms with Crippen molar-refractivity contribution in [3.63, 3.8) is 0 Å². The number of nitrogens with two attached hydrogens (primary N) is 1. The van der Waals surface area contributed by atoms with Gasteiger partial charge in [-0.25, -0.2) is 4.98 Å². The first kappa shape index (κ1) is 8.89. The van der Waals surface area contributed by atoms with Crippen molar-refractivity contribution in [2.45, 2.75) is 19.4 Å². The predicted molar refractivity (Wildman–Crippen MR) is 49.1 cm³/mol. The van der Waals surface area contributed by atoms with E-state index in [0.717, 1.165) is 0 Å². The molecule has 0 amide bonds. The van der Waals surface area contributed by atoms with Crippen molar-refractivity contribution < 1.29 is 4.52 Å². The van der Waals surface area contributed by atoms with E-state index in [4.69, 9.17) is 10.3 Å². The Morgan fingerprint density at radius 3 is 2.79 bits per heavy atom. The maximum absolute atomic E-state index is 5.80. The maximum Gasteiger partial charge on any atom is 0.246 e. The summed E-state index contributed by atoms with van der Waals surface area (Å²) in [6.07, 6.45) is 3.32. The predicted octanol–water partition coefficient (Wildman–Crippen LogP) is 0.653. The average Bonchev–Trinajstić information content (AvgIpc) is 2.73. The molecule has 3 N–H and O–H groups in total. The summed E-state index contributed by atoms with van der Waals surface area (Å²) in [7, 11) is 0. The van der Waals surface area contributed by atoms with Gasteiger partial charge in [-0.1, -0.05) is 5.16 Å². The first-order valence-electron chi connectivity index (χ1n) is 4.20. The summed E-state index contributed by atoms with van der Waals surface area (Å²) >= 11 is 0. The number of hydrogen-bond acceptors (Lipinski definition) is 5. The molecule has 2 rings (SSSR count). The molecule has 6 heteroatoms. The van der Waals surface area contributed by atoms with Gasteiger partial charge in [-0.05, 0) is 13.8 Å². The minimum Gasteiger partial charge on any atom is -0.342 e. The first-order valence-corrected chi connectivity index (χ1v) is 4.20. The van der Waals surface area contributed by atoms with E-state index in [1.807, 2.05) is 0 Å². The summed E-state index contributed by atoms with van der Waals surface area (Å²) in [5.41, 5.74) is 5.17. The first-order chi connectivity index (χ1) is 6.57. The minimum absolute atomic E-state index is 0.393. The van der Waals surface area contributed by atoms with Crippen LogP contribution in [0.1, 0.15) is 19.7 Å². The van der Waals surface area contributed by atoms with Gasteiger partial charge in [-0.15, -0.1) is 0 Å². The number of nitrogens with zero attached hydrogens (tertiary/aromatic N) is 3. The molecular weight excluding hydrogens is 182 g/mol. The molecule has 0 aromatic carbocycles. The van der Waals surface area contributed by atoms with Crippen LogP contribution in [-0.2, 0) is 5.54 Å². The molecule has 2 aromatic heterocycles. The molecule has 0 spiro atoms. The zero-order chi connectivity index (χ0) is 10.2. The molecule has 14 heavy (non-hydrogen) atoms. The van der Waals surface area contributed by atoms with Gasteiger partial charge < -0.3 is 15.2 Å². The van der Waals surface area contributed by atoms with Crippen LogP contribution in [-0.4, -0.2) is 20.1 Å². The van der Waals surface area contributed by atoms with Crippen LogP contribution in [0.3, 0.4) is 0 Å². The van der Waals surface area contributed by atoms with Crippen LogP contribution in [0.15, 0.2) is 16.9 Å². The Hall–Kier alpha value is -1.69. The second kappa shape index (κ2) is 2.91. The zero-order valence-corrected chi connectivity index (χ0v) is 7.98. The summed E-state index contributed by atoms with van der Waals surface area (Å²) in [6.45, 7) is 3.60. The lowest BCUT2D eigenvalue weighted by Gasteiger charge is -2.10.